The molecule has 3 heterocycles. The highest BCUT2D eigenvalue weighted by atomic mass is 19.1. The molecule has 5 nitrogen and oxygen atoms in total. The zero-order valence-electron chi connectivity index (χ0n) is 17.8. The van der Waals surface area contributed by atoms with E-state index >= 15 is 0 Å². The van der Waals surface area contributed by atoms with Gasteiger partial charge in [0.05, 0.1) is 25.4 Å². The molecule has 1 aromatic carbocycles. The molecule has 1 aromatic rings. The van der Waals surface area contributed by atoms with E-state index in [1.807, 2.05) is 18.2 Å². The normalized spacial score (nSPS) is 26.2. The summed E-state index contributed by atoms with van der Waals surface area (Å²) in [5.74, 6) is -0.231. The van der Waals surface area contributed by atoms with Crippen molar-refractivity contribution >= 4 is 17.2 Å². The second kappa shape index (κ2) is 8.56. The van der Waals surface area contributed by atoms with Gasteiger partial charge in [0.1, 0.15) is 0 Å². The molecule has 30 heavy (non-hydrogen) atoms. The predicted molar refractivity (Wildman–Crippen MR) is 117 cm³/mol. The molecule has 1 fully saturated rings. The second-order valence-corrected chi connectivity index (χ2v) is 8.30. The third-order valence-electron chi connectivity index (χ3n) is 6.03. The molecule has 6 heteroatoms. The van der Waals surface area contributed by atoms with Crippen molar-refractivity contribution in [1.29, 1.82) is 0 Å². The lowest BCUT2D eigenvalue weighted by molar-refractivity contribution is -0.123. The maximum Gasteiger partial charge on any atom is 0.251 e. The Hall–Kier alpha value is -2.73. The quantitative estimate of drug-likeness (QED) is 0.765. The number of carbonyl (C=O) groups is 1. The molecule has 4 rings (SSSR count). The Kier molecular flexibility index (Phi) is 5.86. The monoisotopic (exact) mass is 409 g/mol. The number of hydrogen-bond donors (Lipinski definition) is 0. The van der Waals surface area contributed by atoms with Crippen LogP contribution in [-0.4, -0.2) is 61.3 Å². The van der Waals surface area contributed by atoms with Gasteiger partial charge in [0.2, 0.25) is 0 Å². The van der Waals surface area contributed by atoms with E-state index in [4.69, 9.17) is 9.73 Å². The molecule has 2 atom stereocenters. The van der Waals surface area contributed by atoms with Crippen LogP contribution in [0.15, 0.2) is 53.2 Å². The van der Waals surface area contributed by atoms with Crippen LogP contribution >= 0.6 is 0 Å². The van der Waals surface area contributed by atoms with E-state index in [-0.39, 0.29) is 17.6 Å². The summed E-state index contributed by atoms with van der Waals surface area (Å²) in [6.45, 7) is 4.54. The maximum absolute atomic E-state index is 14.3. The highest BCUT2D eigenvalue weighted by Crippen LogP contribution is 2.32. The zero-order valence-corrected chi connectivity index (χ0v) is 17.8. The van der Waals surface area contributed by atoms with Crippen molar-refractivity contribution in [3.05, 3.63) is 59.6 Å². The summed E-state index contributed by atoms with van der Waals surface area (Å²) in [5.41, 5.74) is 3.38. The number of benzene rings is 1. The summed E-state index contributed by atoms with van der Waals surface area (Å²) < 4.78 is 19.3. The van der Waals surface area contributed by atoms with Crippen LogP contribution in [0.25, 0.3) is 5.57 Å². The first kappa shape index (κ1) is 20.5. The molecule has 1 amide bonds. The van der Waals surface area contributed by atoms with E-state index in [1.165, 1.54) is 13.2 Å². The molecule has 3 aliphatic rings. The number of amides is 1. The lowest BCUT2D eigenvalue weighted by Gasteiger charge is -2.30. The minimum atomic E-state index is -0.425. The minimum absolute atomic E-state index is 0.0916. The van der Waals surface area contributed by atoms with Crippen LogP contribution in [0, 0.1) is 11.7 Å². The van der Waals surface area contributed by atoms with Crippen LogP contribution in [0.2, 0.25) is 0 Å². The third-order valence-corrected chi connectivity index (χ3v) is 6.03. The molecular weight excluding hydrogens is 381 g/mol. The SMILES string of the molecule is COc1ccc(C2=CC(=O)N3CC(=NC4CCN(C)C4)C=CC3=CCC2C)cc1F. The average Bonchev–Trinajstić information content (AvgIpc) is 3.14. The smallest absolute Gasteiger partial charge is 0.251 e. The Morgan fingerprint density at radius 3 is 2.80 bits per heavy atom. The molecule has 3 aliphatic heterocycles. The lowest BCUT2D eigenvalue weighted by Crippen LogP contribution is -2.37. The van der Waals surface area contributed by atoms with E-state index in [2.05, 4.69) is 24.9 Å². The molecule has 0 bridgehead atoms. The molecule has 2 unspecified atom stereocenters. The van der Waals surface area contributed by atoms with Gasteiger partial charge < -0.3 is 14.5 Å². The fraction of sp³-hybridized carbons (Fsp3) is 0.417. The largest absolute Gasteiger partial charge is 0.494 e. The first-order chi connectivity index (χ1) is 14.4. The van der Waals surface area contributed by atoms with Gasteiger partial charge in [-0.1, -0.05) is 19.1 Å². The van der Waals surface area contributed by atoms with E-state index in [9.17, 15) is 9.18 Å². The second-order valence-electron chi connectivity index (χ2n) is 8.30. The molecule has 0 aliphatic carbocycles. The highest BCUT2D eigenvalue weighted by molar-refractivity contribution is 6.05. The fourth-order valence-electron chi connectivity index (χ4n) is 4.29. The van der Waals surface area contributed by atoms with Crippen molar-refractivity contribution in [3.8, 4) is 5.75 Å². The summed E-state index contributed by atoms with van der Waals surface area (Å²) >= 11 is 0. The summed E-state index contributed by atoms with van der Waals surface area (Å²) in [4.78, 5) is 22.1. The Labute approximate surface area is 177 Å². The zero-order chi connectivity index (χ0) is 21.3. The van der Waals surface area contributed by atoms with Gasteiger partial charge in [-0.25, -0.2) is 4.39 Å². The van der Waals surface area contributed by atoms with Crippen LogP contribution in [0.1, 0.15) is 25.3 Å². The van der Waals surface area contributed by atoms with E-state index in [1.54, 1.807) is 17.0 Å². The summed E-state index contributed by atoms with van der Waals surface area (Å²) in [7, 11) is 3.55. The maximum atomic E-state index is 14.3. The molecule has 158 valence electrons. The van der Waals surface area contributed by atoms with Crippen LogP contribution in [-0.2, 0) is 4.79 Å². The number of carbonyl (C=O) groups excluding carboxylic acids is 1. The number of likely N-dealkylation sites (N-methyl/N-ethyl adjacent to an activating group) is 1. The standard InChI is InChI=1S/C24H28FN3O2/c1-16-4-7-20-8-6-18(26-19-10-11-27(2)14-19)15-28(20)24(29)13-21(16)17-5-9-23(30-3)22(25)12-17/h5-9,12-13,16,19H,4,10-11,14-15H2,1-3H3. The molecule has 0 N–H and O–H groups in total. The first-order valence-corrected chi connectivity index (χ1v) is 10.4. The Morgan fingerprint density at radius 2 is 2.10 bits per heavy atom. The van der Waals surface area contributed by atoms with Gasteiger partial charge >= 0.3 is 0 Å². The molecule has 1 saturated heterocycles. The highest BCUT2D eigenvalue weighted by Gasteiger charge is 2.26. The number of rotatable bonds is 3. The van der Waals surface area contributed by atoms with Gasteiger partial charge in [-0.15, -0.1) is 0 Å². The first-order valence-electron chi connectivity index (χ1n) is 10.4. The summed E-state index contributed by atoms with van der Waals surface area (Å²) in [5, 5.41) is 0. The van der Waals surface area contributed by atoms with Gasteiger partial charge in [0, 0.05) is 18.3 Å². The number of nitrogens with zero attached hydrogens (tertiary/aromatic N) is 3. The Bertz CT molecular complexity index is 963. The Morgan fingerprint density at radius 1 is 1.27 bits per heavy atom. The van der Waals surface area contributed by atoms with Crippen molar-refractivity contribution in [1.82, 2.24) is 9.80 Å². The van der Waals surface area contributed by atoms with Crippen molar-refractivity contribution in [3.63, 3.8) is 0 Å². The van der Waals surface area contributed by atoms with Gasteiger partial charge in [-0.3, -0.25) is 9.79 Å². The number of fused-ring (bicyclic) bond motifs is 1. The van der Waals surface area contributed by atoms with Gasteiger partial charge in [-0.05, 0) is 67.8 Å². The van der Waals surface area contributed by atoms with Crippen molar-refractivity contribution in [2.45, 2.75) is 25.8 Å². The number of methoxy groups -OCH3 is 1. The minimum Gasteiger partial charge on any atom is -0.494 e. The Balaban J connectivity index is 1.61. The molecule has 0 radical (unpaired) electrons. The number of allylic oxidation sites excluding steroid dienone is 3. The average molecular weight is 410 g/mol. The van der Waals surface area contributed by atoms with Crippen molar-refractivity contribution < 1.29 is 13.9 Å². The van der Waals surface area contributed by atoms with Crippen LogP contribution in [0.3, 0.4) is 0 Å². The van der Waals surface area contributed by atoms with E-state index < -0.39 is 5.82 Å². The number of aliphatic imine (C=N–C) groups is 1. The van der Waals surface area contributed by atoms with E-state index in [0.717, 1.165) is 42.9 Å². The lowest BCUT2D eigenvalue weighted by atomic mass is 9.89. The number of hydrogen-bond acceptors (Lipinski definition) is 4. The van der Waals surface area contributed by atoms with Crippen molar-refractivity contribution in [2.24, 2.45) is 10.9 Å². The molecule has 0 spiro atoms. The number of likely N-dealkylation sites (tertiary alicyclic amines) is 1. The summed E-state index contributed by atoms with van der Waals surface area (Å²) in [6, 6.07) is 5.15. The molecular formula is C24H28FN3O2. The van der Waals surface area contributed by atoms with Crippen LogP contribution < -0.4 is 4.74 Å². The topological polar surface area (TPSA) is 45.1 Å². The third kappa shape index (κ3) is 4.24. The molecule has 0 saturated carbocycles. The van der Waals surface area contributed by atoms with Gasteiger partial charge in [0.15, 0.2) is 11.6 Å². The van der Waals surface area contributed by atoms with Crippen LogP contribution in [0.4, 0.5) is 4.39 Å². The number of ether oxygens (including phenoxy) is 1. The van der Waals surface area contributed by atoms with Gasteiger partial charge in [-0.2, -0.15) is 0 Å². The van der Waals surface area contributed by atoms with Crippen molar-refractivity contribution in [2.75, 3.05) is 33.8 Å². The number of halogens is 1. The summed E-state index contributed by atoms with van der Waals surface area (Å²) in [6.07, 6.45) is 9.57. The predicted octanol–water partition coefficient (Wildman–Crippen LogP) is 3.68. The van der Waals surface area contributed by atoms with E-state index in [0.29, 0.717) is 18.2 Å². The van der Waals surface area contributed by atoms with Crippen LogP contribution in [0.5, 0.6) is 5.75 Å². The fourth-order valence-corrected chi connectivity index (χ4v) is 4.29. The van der Waals surface area contributed by atoms with Gasteiger partial charge in [0.25, 0.3) is 5.91 Å². The molecule has 0 aromatic heterocycles.